The van der Waals surface area contributed by atoms with Gasteiger partial charge in [-0.1, -0.05) is 65.8 Å². The Morgan fingerprint density at radius 2 is 1.84 bits per heavy atom. The standard InChI is InChI=1S/C28H25ClFN5OS/c1-16-7-6-10-23(17(16)2)32-26(36)24-18(3)31-27-33-28(37-15-20-8-4-5-9-22(20)29)34-35(27)25(24)19-11-13-21(30)14-12-19/h4-14,25H,15H2,1-3H3,(H,32,36)(H,31,33,34). The Bertz CT molecular complexity index is 1520. The van der Waals surface area contributed by atoms with E-state index in [4.69, 9.17) is 16.7 Å². The number of allylic oxidation sites excluding steroid dienone is 1. The van der Waals surface area contributed by atoms with Gasteiger partial charge in [0.1, 0.15) is 11.9 Å². The molecule has 0 radical (unpaired) electrons. The van der Waals surface area contributed by atoms with Gasteiger partial charge in [0, 0.05) is 22.2 Å². The van der Waals surface area contributed by atoms with Crippen molar-refractivity contribution in [2.45, 2.75) is 37.7 Å². The third kappa shape index (κ3) is 5.12. The first-order valence-electron chi connectivity index (χ1n) is 11.8. The largest absolute Gasteiger partial charge is 0.328 e. The minimum atomic E-state index is -0.593. The molecule has 0 saturated heterocycles. The second kappa shape index (κ2) is 10.4. The van der Waals surface area contributed by atoms with Crippen molar-refractivity contribution in [2.24, 2.45) is 0 Å². The molecule has 4 aromatic rings. The Morgan fingerprint density at radius 3 is 2.59 bits per heavy atom. The van der Waals surface area contributed by atoms with E-state index >= 15 is 0 Å². The van der Waals surface area contributed by atoms with Gasteiger partial charge in [0.25, 0.3) is 5.91 Å². The fraction of sp³-hybridized carbons (Fsp3) is 0.179. The number of fused-ring (bicyclic) bond motifs is 1. The van der Waals surface area contributed by atoms with E-state index in [1.54, 1.807) is 16.8 Å². The molecule has 1 unspecified atom stereocenters. The van der Waals surface area contributed by atoms with Gasteiger partial charge >= 0.3 is 0 Å². The van der Waals surface area contributed by atoms with Crippen molar-refractivity contribution >= 4 is 40.9 Å². The van der Waals surface area contributed by atoms with Crippen molar-refractivity contribution in [3.8, 4) is 0 Å². The van der Waals surface area contributed by atoms with Gasteiger partial charge < -0.3 is 10.6 Å². The van der Waals surface area contributed by atoms with Crippen molar-refractivity contribution in [1.29, 1.82) is 0 Å². The first-order chi connectivity index (χ1) is 17.8. The topological polar surface area (TPSA) is 71.8 Å². The number of thioether (sulfide) groups is 1. The zero-order chi connectivity index (χ0) is 26.1. The fourth-order valence-electron chi connectivity index (χ4n) is 4.27. The molecule has 1 aliphatic rings. The van der Waals surface area contributed by atoms with E-state index in [1.807, 2.05) is 63.2 Å². The van der Waals surface area contributed by atoms with Crippen LogP contribution in [-0.2, 0) is 10.5 Å². The molecule has 6 nitrogen and oxygen atoms in total. The highest BCUT2D eigenvalue weighted by Gasteiger charge is 2.34. The number of halogens is 2. The maximum atomic E-state index is 13.8. The molecule has 9 heteroatoms. The zero-order valence-electron chi connectivity index (χ0n) is 20.5. The van der Waals surface area contributed by atoms with E-state index in [0.717, 1.165) is 27.9 Å². The number of benzene rings is 3. The average molecular weight is 534 g/mol. The van der Waals surface area contributed by atoms with E-state index in [-0.39, 0.29) is 11.7 Å². The van der Waals surface area contributed by atoms with Crippen LogP contribution in [0.15, 0.2) is 83.2 Å². The minimum Gasteiger partial charge on any atom is -0.328 e. The zero-order valence-corrected chi connectivity index (χ0v) is 22.1. The lowest BCUT2D eigenvalue weighted by Gasteiger charge is -2.29. The van der Waals surface area contributed by atoms with Crippen LogP contribution in [-0.4, -0.2) is 20.7 Å². The minimum absolute atomic E-state index is 0.264. The van der Waals surface area contributed by atoms with Gasteiger partial charge in [-0.2, -0.15) is 4.98 Å². The number of carbonyl (C=O) groups excluding carboxylic acids is 1. The number of nitrogens with one attached hydrogen (secondary N) is 2. The molecule has 2 N–H and O–H groups in total. The molecule has 0 fully saturated rings. The lowest BCUT2D eigenvalue weighted by atomic mass is 9.95. The van der Waals surface area contributed by atoms with Crippen LogP contribution >= 0.6 is 23.4 Å². The predicted molar refractivity (Wildman–Crippen MR) is 146 cm³/mol. The lowest BCUT2D eigenvalue weighted by Crippen LogP contribution is -2.31. The van der Waals surface area contributed by atoms with E-state index in [0.29, 0.717) is 33.2 Å². The summed E-state index contributed by atoms with van der Waals surface area (Å²) in [7, 11) is 0. The number of amides is 1. The molecule has 0 bridgehead atoms. The summed E-state index contributed by atoms with van der Waals surface area (Å²) in [5.41, 5.74) is 5.65. The van der Waals surface area contributed by atoms with Crippen LogP contribution in [0.5, 0.6) is 0 Å². The van der Waals surface area contributed by atoms with E-state index < -0.39 is 6.04 Å². The Labute approximate surface area is 224 Å². The number of hydrogen-bond acceptors (Lipinski definition) is 5. The fourth-order valence-corrected chi connectivity index (χ4v) is 5.39. The van der Waals surface area contributed by atoms with E-state index in [2.05, 4.69) is 15.6 Å². The highest BCUT2D eigenvalue weighted by molar-refractivity contribution is 7.98. The highest BCUT2D eigenvalue weighted by Crippen LogP contribution is 2.37. The molecule has 1 aromatic heterocycles. The molecule has 5 rings (SSSR count). The summed E-state index contributed by atoms with van der Waals surface area (Å²) in [6.45, 7) is 5.81. The molecular weight excluding hydrogens is 509 g/mol. The number of carbonyl (C=O) groups is 1. The third-order valence-corrected chi connectivity index (χ3v) is 7.69. The summed E-state index contributed by atoms with van der Waals surface area (Å²) >= 11 is 7.77. The molecular formula is C28H25ClFN5OS. The van der Waals surface area contributed by atoms with Gasteiger partial charge in [-0.15, -0.1) is 5.10 Å². The summed E-state index contributed by atoms with van der Waals surface area (Å²) in [6.07, 6.45) is 0. The van der Waals surface area contributed by atoms with Gasteiger partial charge in [0.05, 0.1) is 5.57 Å². The maximum Gasteiger partial charge on any atom is 0.255 e. The number of nitrogens with zero attached hydrogens (tertiary/aromatic N) is 3. The van der Waals surface area contributed by atoms with Crippen molar-refractivity contribution in [2.75, 3.05) is 10.6 Å². The molecule has 1 amide bonds. The van der Waals surface area contributed by atoms with E-state index in [9.17, 15) is 9.18 Å². The van der Waals surface area contributed by atoms with Crippen LogP contribution in [0.2, 0.25) is 5.02 Å². The number of aryl methyl sites for hydroxylation is 1. The van der Waals surface area contributed by atoms with Gasteiger partial charge in [0.15, 0.2) is 0 Å². The van der Waals surface area contributed by atoms with Crippen molar-refractivity contribution in [3.05, 3.63) is 111 Å². The molecule has 0 aliphatic carbocycles. The third-order valence-electron chi connectivity index (χ3n) is 6.43. The molecule has 0 saturated carbocycles. The summed E-state index contributed by atoms with van der Waals surface area (Å²) in [5, 5.41) is 12.3. The second-order valence-electron chi connectivity index (χ2n) is 8.86. The monoisotopic (exact) mass is 533 g/mol. The van der Waals surface area contributed by atoms with Crippen molar-refractivity contribution < 1.29 is 9.18 Å². The first kappa shape index (κ1) is 25.0. The molecule has 0 spiro atoms. The van der Waals surface area contributed by atoms with Crippen molar-refractivity contribution in [1.82, 2.24) is 14.8 Å². The SMILES string of the molecule is CC1=C(C(=O)Nc2cccc(C)c2C)C(c2ccc(F)cc2)n2nc(SCc3ccccc3Cl)nc2N1. The number of hydrogen-bond donors (Lipinski definition) is 2. The summed E-state index contributed by atoms with van der Waals surface area (Å²) in [5.74, 6) is 0.488. The lowest BCUT2D eigenvalue weighted by molar-refractivity contribution is -0.113. The van der Waals surface area contributed by atoms with E-state index in [1.165, 1.54) is 23.9 Å². The smallest absolute Gasteiger partial charge is 0.255 e. The van der Waals surface area contributed by atoms with Crippen LogP contribution in [0.3, 0.4) is 0 Å². The second-order valence-corrected chi connectivity index (χ2v) is 10.2. The van der Waals surface area contributed by atoms with Crippen LogP contribution in [0, 0.1) is 19.7 Å². The summed E-state index contributed by atoms with van der Waals surface area (Å²) < 4.78 is 15.5. The van der Waals surface area contributed by atoms with Crippen LogP contribution in [0.1, 0.15) is 35.2 Å². The van der Waals surface area contributed by atoms with Crippen molar-refractivity contribution in [3.63, 3.8) is 0 Å². The predicted octanol–water partition coefficient (Wildman–Crippen LogP) is 6.91. The Hall–Kier alpha value is -3.62. The number of anilines is 2. The molecule has 188 valence electrons. The van der Waals surface area contributed by atoms with Crippen LogP contribution in [0.25, 0.3) is 0 Å². The molecule has 37 heavy (non-hydrogen) atoms. The highest BCUT2D eigenvalue weighted by atomic mass is 35.5. The summed E-state index contributed by atoms with van der Waals surface area (Å²) in [4.78, 5) is 18.4. The van der Waals surface area contributed by atoms with Gasteiger partial charge in [-0.25, -0.2) is 9.07 Å². The van der Waals surface area contributed by atoms with Crippen LogP contribution in [0.4, 0.5) is 16.0 Å². The molecule has 1 atom stereocenters. The maximum absolute atomic E-state index is 13.8. The Balaban J connectivity index is 1.50. The Kier molecular flexibility index (Phi) is 7.04. The quantitative estimate of drug-likeness (QED) is 0.263. The number of aromatic nitrogens is 3. The molecule has 1 aliphatic heterocycles. The summed E-state index contributed by atoms with van der Waals surface area (Å²) in [6, 6.07) is 19.0. The number of rotatable bonds is 6. The average Bonchev–Trinajstić information content (AvgIpc) is 3.28. The van der Waals surface area contributed by atoms with Gasteiger partial charge in [-0.3, -0.25) is 4.79 Å². The van der Waals surface area contributed by atoms with Crippen LogP contribution < -0.4 is 10.6 Å². The Morgan fingerprint density at radius 1 is 1.08 bits per heavy atom. The first-order valence-corrected chi connectivity index (χ1v) is 13.1. The van der Waals surface area contributed by atoms with Gasteiger partial charge in [-0.05, 0) is 67.3 Å². The molecule has 2 heterocycles. The van der Waals surface area contributed by atoms with Gasteiger partial charge in [0.2, 0.25) is 11.1 Å². The molecule has 3 aromatic carbocycles. The normalized spacial score (nSPS) is 14.8.